The first-order chi connectivity index (χ1) is 17.6. The zero-order valence-electron chi connectivity index (χ0n) is 22.4. The quantitative estimate of drug-likeness (QED) is 0.284. The van der Waals surface area contributed by atoms with Crippen molar-refractivity contribution in [1.29, 1.82) is 0 Å². The number of allylic oxidation sites excluding steroid dienone is 4. The van der Waals surface area contributed by atoms with Crippen LogP contribution in [0.4, 0.5) is 0 Å². The molecule has 0 fully saturated rings. The van der Waals surface area contributed by atoms with Crippen LogP contribution in [-0.2, 0) is 17.3 Å². The van der Waals surface area contributed by atoms with Gasteiger partial charge in [-0.25, -0.2) is 0 Å². The second-order valence-electron chi connectivity index (χ2n) is 11.8. The molecule has 0 bridgehead atoms. The molecule has 190 valence electrons. The van der Waals surface area contributed by atoms with Gasteiger partial charge in [-0.05, 0) is 52.6 Å². The van der Waals surface area contributed by atoms with E-state index in [1.165, 1.54) is 11.1 Å². The molecule has 0 aliphatic heterocycles. The Morgan fingerprint density at radius 3 is 1.76 bits per heavy atom. The summed E-state index contributed by atoms with van der Waals surface area (Å²) in [4.78, 5) is 0. The molecule has 0 N–H and O–H groups in total. The second-order valence-corrected chi connectivity index (χ2v) is 11.8. The maximum Gasteiger partial charge on any atom is 0.248 e. The molecule has 0 saturated heterocycles. The number of hydrogen-bond acceptors (Lipinski definition) is 6. The minimum atomic E-state index is 0.0927. The van der Waals surface area contributed by atoms with E-state index in [1.54, 1.807) is 0 Å². The largest absolute Gasteiger partial charge is 0.421 e. The highest BCUT2D eigenvalue weighted by molar-refractivity contribution is 5.65. The average Bonchev–Trinajstić information content (AvgIpc) is 3.54. The van der Waals surface area contributed by atoms with Gasteiger partial charge in [0.2, 0.25) is 23.6 Å². The molecule has 0 radical (unpaired) electrons. The molecule has 4 aromatic rings. The molecule has 2 heterocycles. The molecule has 1 aliphatic rings. The number of benzene rings is 2. The molecular formula is C31H34N4O2. The van der Waals surface area contributed by atoms with E-state index in [0.29, 0.717) is 30.0 Å². The Hall–Kier alpha value is -3.80. The van der Waals surface area contributed by atoms with Crippen molar-refractivity contribution in [2.24, 2.45) is 5.92 Å². The summed E-state index contributed by atoms with van der Waals surface area (Å²) in [5, 5.41) is 17.3. The molecule has 1 atom stereocenters. The monoisotopic (exact) mass is 494 g/mol. The molecule has 6 heteroatoms. The lowest BCUT2D eigenvalue weighted by molar-refractivity contribution is 0.466. The second kappa shape index (κ2) is 9.58. The Morgan fingerprint density at radius 1 is 0.676 bits per heavy atom. The first kappa shape index (κ1) is 24.9. The predicted octanol–water partition coefficient (Wildman–Crippen LogP) is 7.58. The molecule has 5 rings (SSSR count). The van der Waals surface area contributed by atoms with Crippen molar-refractivity contribution >= 4 is 5.57 Å². The Bertz CT molecular complexity index is 1430. The Kier molecular flexibility index (Phi) is 6.44. The molecule has 1 unspecified atom stereocenters. The summed E-state index contributed by atoms with van der Waals surface area (Å²) in [6.07, 6.45) is 7.64. The van der Waals surface area contributed by atoms with Crippen LogP contribution in [0.5, 0.6) is 0 Å². The first-order valence-corrected chi connectivity index (χ1v) is 12.8. The Balaban J connectivity index is 1.32. The number of nitrogens with zero attached hydrogens (tertiary/aromatic N) is 4. The van der Waals surface area contributed by atoms with Crippen LogP contribution < -0.4 is 0 Å². The van der Waals surface area contributed by atoms with E-state index in [0.717, 1.165) is 23.1 Å². The third-order valence-electron chi connectivity index (χ3n) is 6.83. The fourth-order valence-corrected chi connectivity index (χ4v) is 4.46. The van der Waals surface area contributed by atoms with E-state index in [-0.39, 0.29) is 16.7 Å². The minimum absolute atomic E-state index is 0.0927. The minimum Gasteiger partial charge on any atom is -0.421 e. The maximum atomic E-state index is 6.12. The van der Waals surface area contributed by atoms with Crippen molar-refractivity contribution in [3.63, 3.8) is 0 Å². The van der Waals surface area contributed by atoms with Crippen molar-refractivity contribution in [3.8, 4) is 22.9 Å². The molecule has 2 aromatic carbocycles. The van der Waals surface area contributed by atoms with Crippen LogP contribution >= 0.6 is 0 Å². The van der Waals surface area contributed by atoms with E-state index < -0.39 is 0 Å². The normalized spacial score (nSPS) is 16.2. The van der Waals surface area contributed by atoms with Gasteiger partial charge in [0.1, 0.15) is 0 Å². The lowest BCUT2D eigenvalue weighted by atomic mass is 9.87. The van der Waals surface area contributed by atoms with Crippen LogP contribution in [0.2, 0.25) is 0 Å². The van der Waals surface area contributed by atoms with E-state index in [1.807, 2.05) is 36.4 Å². The van der Waals surface area contributed by atoms with E-state index >= 15 is 0 Å². The summed E-state index contributed by atoms with van der Waals surface area (Å²) in [7, 11) is 0. The van der Waals surface area contributed by atoms with Crippen molar-refractivity contribution in [2.75, 3.05) is 0 Å². The van der Waals surface area contributed by atoms with Crippen LogP contribution in [0.25, 0.3) is 28.5 Å². The number of rotatable bonds is 5. The van der Waals surface area contributed by atoms with Gasteiger partial charge in [-0.3, -0.25) is 0 Å². The van der Waals surface area contributed by atoms with Crippen molar-refractivity contribution in [1.82, 2.24) is 20.4 Å². The highest BCUT2D eigenvalue weighted by Crippen LogP contribution is 2.34. The Labute approximate surface area is 218 Å². The van der Waals surface area contributed by atoms with E-state index in [2.05, 4.69) is 92.3 Å². The summed E-state index contributed by atoms with van der Waals surface area (Å²) in [5.74, 6) is 2.29. The molecule has 0 spiro atoms. The van der Waals surface area contributed by atoms with Gasteiger partial charge in [0.15, 0.2) is 0 Å². The highest BCUT2D eigenvalue weighted by atomic mass is 16.4. The summed E-state index contributed by atoms with van der Waals surface area (Å²) in [6, 6.07) is 16.6. The topological polar surface area (TPSA) is 77.8 Å². The van der Waals surface area contributed by atoms with Gasteiger partial charge in [0.25, 0.3) is 0 Å². The first-order valence-electron chi connectivity index (χ1n) is 12.8. The summed E-state index contributed by atoms with van der Waals surface area (Å²) in [6.45, 7) is 13.2. The predicted molar refractivity (Wildman–Crippen MR) is 146 cm³/mol. The van der Waals surface area contributed by atoms with Gasteiger partial charge in [-0.15, -0.1) is 20.4 Å². The van der Waals surface area contributed by atoms with Crippen molar-refractivity contribution in [2.45, 2.75) is 65.2 Å². The van der Waals surface area contributed by atoms with Crippen LogP contribution in [0.1, 0.15) is 70.9 Å². The lowest BCUT2D eigenvalue weighted by Crippen LogP contribution is -2.10. The zero-order valence-corrected chi connectivity index (χ0v) is 22.4. The number of aromatic nitrogens is 4. The highest BCUT2D eigenvalue weighted by Gasteiger charge is 2.25. The van der Waals surface area contributed by atoms with Gasteiger partial charge in [0, 0.05) is 29.0 Å². The maximum absolute atomic E-state index is 6.12. The molecule has 6 nitrogen and oxygen atoms in total. The van der Waals surface area contributed by atoms with Gasteiger partial charge in [-0.2, -0.15) is 0 Å². The van der Waals surface area contributed by atoms with Gasteiger partial charge in [0.05, 0.1) is 0 Å². The van der Waals surface area contributed by atoms with Gasteiger partial charge < -0.3 is 8.83 Å². The molecular weight excluding hydrogens is 460 g/mol. The number of hydrogen-bond donors (Lipinski definition) is 0. The van der Waals surface area contributed by atoms with E-state index in [4.69, 9.17) is 8.83 Å². The fourth-order valence-electron chi connectivity index (χ4n) is 4.46. The average molecular weight is 495 g/mol. The molecule has 0 saturated carbocycles. The Morgan fingerprint density at radius 2 is 1.19 bits per heavy atom. The third kappa shape index (κ3) is 5.48. The van der Waals surface area contributed by atoms with Gasteiger partial charge in [-0.1, -0.05) is 84.0 Å². The van der Waals surface area contributed by atoms with Crippen LogP contribution in [0, 0.1) is 5.92 Å². The van der Waals surface area contributed by atoms with Crippen LogP contribution in [0.3, 0.4) is 0 Å². The van der Waals surface area contributed by atoms with Crippen LogP contribution in [-0.4, -0.2) is 20.4 Å². The summed E-state index contributed by atoms with van der Waals surface area (Å²) < 4.78 is 12.2. The van der Waals surface area contributed by atoms with E-state index in [9.17, 15) is 0 Å². The van der Waals surface area contributed by atoms with Crippen molar-refractivity contribution < 1.29 is 8.83 Å². The molecule has 2 aromatic heterocycles. The third-order valence-corrected chi connectivity index (χ3v) is 6.83. The SMILES string of the molecule is CC(C)(C)c1ccc(-c2nnc(CC3CC=CC=C3c3nnc(-c4ccc(C(C)(C)C)cc4)o3)o2)cc1. The smallest absolute Gasteiger partial charge is 0.248 e. The van der Waals surface area contributed by atoms with Gasteiger partial charge >= 0.3 is 0 Å². The standard InChI is InChI=1S/C31H34N4O2/c1-30(2,3)23-15-11-20(12-16-23)27-33-32-26(36-27)19-22-9-7-8-10-25(22)29-35-34-28(37-29)21-13-17-24(18-14-21)31(4,5)6/h7-8,10-18,22H,9,19H2,1-6H3. The molecule has 37 heavy (non-hydrogen) atoms. The molecule has 0 amide bonds. The van der Waals surface area contributed by atoms with Crippen molar-refractivity contribution in [3.05, 3.63) is 89.7 Å². The summed E-state index contributed by atoms with van der Waals surface area (Å²) >= 11 is 0. The lowest BCUT2D eigenvalue weighted by Gasteiger charge is -2.18. The summed E-state index contributed by atoms with van der Waals surface area (Å²) in [5.41, 5.74) is 5.54. The molecule has 1 aliphatic carbocycles. The fraction of sp³-hybridized carbons (Fsp3) is 0.355. The van der Waals surface area contributed by atoms with Crippen LogP contribution in [0.15, 0.2) is 75.6 Å². The zero-order chi connectivity index (χ0) is 26.2.